The van der Waals surface area contributed by atoms with Crippen LogP contribution in [-0.2, 0) is 9.59 Å². The van der Waals surface area contributed by atoms with E-state index in [1.807, 2.05) is 36.4 Å². The maximum atomic E-state index is 12.7. The Morgan fingerprint density at radius 3 is 2.56 bits per heavy atom. The van der Waals surface area contributed by atoms with E-state index in [1.54, 1.807) is 12.1 Å². The highest BCUT2D eigenvalue weighted by atomic mass is 16.6. The van der Waals surface area contributed by atoms with Gasteiger partial charge in [0.25, 0.3) is 5.91 Å². The van der Waals surface area contributed by atoms with Gasteiger partial charge >= 0.3 is 6.03 Å². The molecule has 2 aromatic carbocycles. The van der Waals surface area contributed by atoms with E-state index in [-0.39, 0.29) is 30.8 Å². The van der Waals surface area contributed by atoms with Crippen LogP contribution in [0.2, 0.25) is 0 Å². The fourth-order valence-electron chi connectivity index (χ4n) is 3.73. The largest absolute Gasteiger partial charge is 0.486 e. The lowest BCUT2D eigenvalue weighted by Gasteiger charge is -2.26. The van der Waals surface area contributed by atoms with E-state index >= 15 is 0 Å². The molecule has 1 fully saturated rings. The number of amides is 4. The predicted molar refractivity (Wildman–Crippen MR) is 119 cm³/mol. The average Bonchev–Trinajstić information content (AvgIpc) is 3.09. The normalized spacial score (nSPS) is 19.8. The Morgan fingerprint density at radius 2 is 1.84 bits per heavy atom. The molecule has 0 aromatic heterocycles. The fourth-order valence-corrected chi connectivity index (χ4v) is 3.73. The van der Waals surface area contributed by atoms with Crippen LogP contribution in [0.5, 0.6) is 11.5 Å². The average molecular weight is 437 g/mol. The lowest BCUT2D eigenvalue weighted by molar-refractivity contribution is -0.122. The first kappa shape index (κ1) is 21.7. The van der Waals surface area contributed by atoms with E-state index in [0.29, 0.717) is 36.3 Å². The molecule has 4 rings (SSSR count). The van der Waals surface area contributed by atoms with Crippen molar-refractivity contribution in [2.75, 3.05) is 18.1 Å². The fraction of sp³-hybridized carbons (Fsp3) is 0.375. The van der Waals surface area contributed by atoms with E-state index < -0.39 is 12.1 Å². The second kappa shape index (κ2) is 9.30. The van der Waals surface area contributed by atoms with Crippen molar-refractivity contribution in [1.29, 1.82) is 0 Å². The monoisotopic (exact) mass is 437 g/mol. The van der Waals surface area contributed by atoms with Crippen LogP contribution in [0.25, 0.3) is 0 Å². The van der Waals surface area contributed by atoms with E-state index in [4.69, 9.17) is 9.47 Å². The number of fused-ring (bicyclic) bond motifs is 1. The minimum absolute atomic E-state index is 0.112. The number of hydrogen-bond donors (Lipinski definition) is 2. The number of ether oxygens (including phenoxy) is 2. The van der Waals surface area contributed by atoms with Gasteiger partial charge in [-0.1, -0.05) is 38.1 Å². The van der Waals surface area contributed by atoms with Crippen molar-refractivity contribution in [1.82, 2.24) is 10.6 Å². The van der Waals surface area contributed by atoms with Gasteiger partial charge in [0.15, 0.2) is 11.5 Å². The Balaban J connectivity index is 1.25. The molecule has 2 aliphatic heterocycles. The number of rotatable bonds is 7. The number of para-hydroxylation sites is 2. The zero-order chi connectivity index (χ0) is 22.7. The topological polar surface area (TPSA) is 97.0 Å². The summed E-state index contributed by atoms with van der Waals surface area (Å²) in [6.45, 7) is 4.80. The number of anilines is 1. The first-order chi connectivity index (χ1) is 15.4. The molecule has 8 nitrogen and oxygen atoms in total. The van der Waals surface area contributed by atoms with Gasteiger partial charge in [-0.05, 0) is 42.2 Å². The minimum Gasteiger partial charge on any atom is -0.486 e. The Labute approximate surface area is 186 Å². The maximum absolute atomic E-state index is 12.7. The molecule has 0 radical (unpaired) electrons. The van der Waals surface area contributed by atoms with Crippen molar-refractivity contribution in [2.45, 2.75) is 44.8 Å². The zero-order valence-electron chi connectivity index (χ0n) is 18.2. The van der Waals surface area contributed by atoms with Crippen LogP contribution in [0, 0.1) is 0 Å². The van der Waals surface area contributed by atoms with Gasteiger partial charge in [0, 0.05) is 6.42 Å². The molecule has 2 atom stereocenters. The van der Waals surface area contributed by atoms with Crippen molar-refractivity contribution in [3.63, 3.8) is 0 Å². The lowest BCUT2D eigenvalue weighted by Crippen LogP contribution is -2.41. The van der Waals surface area contributed by atoms with Crippen molar-refractivity contribution < 1.29 is 23.9 Å². The molecule has 168 valence electrons. The summed E-state index contributed by atoms with van der Waals surface area (Å²) in [6, 6.07) is 13.6. The van der Waals surface area contributed by atoms with E-state index in [2.05, 4.69) is 24.5 Å². The van der Waals surface area contributed by atoms with Crippen LogP contribution in [0.1, 0.15) is 38.2 Å². The molecule has 0 spiro atoms. The third kappa shape index (κ3) is 4.69. The number of carbonyl (C=O) groups excluding carboxylic acids is 3. The summed E-state index contributed by atoms with van der Waals surface area (Å²) in [5, 5.41) is 5.49. The Kier molecular flexibility index (Phi) is 6.30. The molecule has 0 saturated carbocycles. The molecule has 32 heavy (non-hydrogen) atoms. The van der Waals surface area contributed by atoms with Crippen LogP contribution < -0.4 is 25.0 Å². The summed E-state index contributed by atoms with van der Waals surface area (Å²) in [4.78, 5) is 38.5. The van der Waals surface area contributed by atoms with Gasteiger partial charge in [0.05, 0.1) is 12.2 Å². The van der Waals surface area contributed by atoms with Gasteiger partial charge in [-0.15, -0.1) is 0 Å². The maximum Gasteiger partial charge on any atom is 0.329 e. The highest BCUT2D eigenvalue weighted by molar-refractivity contribution is 6.21. The summed E-state index contributed by atoms with van der Waals surface area (Å²) < 4.78 is 11.5. The third-order valence-corrected chi connectivity index (χ3v) is 5.59. The van der Waals surface area contributed by atoms with Gasteiger partial charge in [-0.3, -0.25) is 9.59 Å². The molecular weight excluding hydrogens is 410 g/mol. The molecule has 0 bridgehead atoms. The van der Waals surface area contributed by atoms with Gasteiger partial charge in [0.2, 0.25) is 5.91 Å². The smallest absolute Gasteiger partial charge is 0.329 e. The molecule has 8 heteroatoms. The first-order valence-electron chi connectivity index (χ1n) is 10.8. The molecule has 0 aliphatic carbocycles. The first-order valence-corrected chi connectivity index (χ1v) is 10.8. The van der Waals surface area contributed by atoms with E-state index in [1.165, 1.54) is 0 Å². The van der Waals surface area contributed by atoms with Gasteiger partial charge in [0.1, 0.15) is 18.8 Å². The van der Waals surface area contributed by atoms with E-state index in [0.717, 1.165) is 10.5 Å². The number of imide groups is 1. The number of nitrogens with zero attached hydrogens (tertiary/aromatic N) is 1. The van der Waals surface area contributed by atoms with Gasteiger partial charge < -0.3 is 20.1 Å². The molecular formula is C24H27N3O5. The molecule has 2 N–H and O–H groups in total. The summed E-state index contributed by atoms with van der Waals surface area (Å²) >= 11 is 0. The molecule has 2 unspecified atom stereocenters. The summed E-state index contributed by atoms with van der Waals surface area (Å²) in [7, 11) is 0. The summed E-state index contributed by atoms with van der Waals surface area (Å²) in [6.07, 6.45) is 0.0500. The van der Waals surface area contributed by atoms with Gasteiger partial charge in [-0.2, -0.15) is 0 Å². The number of benzene rings is 2. The molecule has 1 saturated heterocycles. The van der Waals surface area contributed by atoms with Crippen molar-refractivity contribution in [3.8, 4) is 11.5 Å². The zero-order valence-corrected chi connectivity index (χ0v) is 18.2. The number of nitrogens with one attached hydrogen (secondary N) is 2. The third-order valence-electron chi connectivity index (χ3n) is 5.59. The second-order valence-corrected chi connectivity index (χ2v) is 8.26. The Morgan fingerprint density at radius 1 is 1.12 bits per heavy atom. The van der Waals surface area contributed by atoms with E-state index in [9.17, 15) is 14.4 Å². The van der Waals surface area contributed by atoms with Gasteiger partial charge in [-0.25, -0.2) is 9.69 Å². The number of urea groups is 1. The highest BCUT2D eigenvalue weighted by Crippen LogP contribution is 2.30. The highest BCUT2D eigenvalue weighted by Gasteiger charge is 2.39. The number of hydrogen-bond acceptors (Lipinski definition) is 5. The van der Waals surface area contributed by atoms with Crippen LogP contribution in [0.3, 0.4) is 0 Å². The summed E-state index contributed by atoms with van der Waals surface area (Å²) in [5.41, 5.74) is 1.66. The molecule has 2 aromatic rings. The standard InChI is InChI=1S/C24H27N3O5/c1-15(2)16-7-9-17(10-8-16)27-23(29)19(26-24(27)30)11-12-22(28)25-13-18-14-31-20-5-3-4-6-21(20)32-18/h3-10,15,18-19H,11-14H2,1-2H3,(H,25,28)(H,26,30). The van der Waals surface area contributed by atoms with Crippen molar-refractivity contribution in [3.05, 3.63) is 54.1 Å². The van der Waals surface area contributed by atoms with Crippen LogP contribution in [0.15, 0.2) is 48.5 Å². The quantitative estimate of drug-likeness (QED) is 0.649. The molecule has 4 amide bonds. The number of carbonyl (C=O) groups is 3. The molecule has 2 heterocycles. The van der Waals surface area contributed by atoms with Crippen molar-refractivity contribution >= 4 is 23.5 Å². The molecule has 2 aliphatic rings. The lowest BCUT2D eigenvalue weighted by atomic mass is 10.0. The SMILES string of the molecule is CC(C)c1ccc(N2C(=O)NC(CCC(=O)NCC3COc4ccccc4O3)C2=O)cc1. The van der Waals surface area contributed by atoms with Crippen molar-refractivity contribution in [2.24, 2.45) is 0 Å². The van der Waals surface area contributed by atoms with Crippen LogP contribution in [-0.4, -0.2) is 43.1 Å². The van der Waals surface area contributed by atoms with Crippen LogP contribution >= 0.6 is 0 Å². The minimum atomic E-state index is -0.723. The predicted octanol–water partition coefficient (Wildman–Crippen LogP) is 2.97. The second-order valence-electron chi connectivity index (χ2n) is 8.26. The Hall–Kier alpha value is -3.55. The van der Waals surface area contributed by atoms with Crippen LogP contribution in [0.4, 0.5) is 10.5 Å². The Bertz CT molecular complexity index is 1000. The summed E-state index contributed by atoms with van der Waals surface area (Å²) in [5.74, 6) is 1.14.